The van der Waals surface area contributed by atoms with Crippen LogP contribution >= 0.6 is 0 Å². The number of aryl methyl sites for hydroxylation is 1. The molecule has 0 radical (unpaired) electrons. The molecule has 1 aliphatic heterocycles. The van der Waals surface area contributed by atoms with E-state index in [1.807, 2.05) is 41.1 Å². The summed E-state index contributed by atoms with van der Waals surface area (Å²) in [5.74, 6) is 1.64. The van der Waals surface area contributed by atoms with Gasteiger partial charge in [-0.05, 0) is 65.9 Å². The first-order valence-electron chi connectivity index (χ1n) is 13.5. The van der Waals surface area contributed by atoms with Crippen molar-refractivity contribution in [3.05, 3.63) is 75.8 Å². The number of aromatic nitrogens is 7. The van der Waals surface area contributed by atoms with Crippen molar-refractivity contribution in [3.8, 4) is 0 Å². The first-order valence-corrected chi connectivity index (χ1v) is 13.5. The van der Waals surface area contributed by atoms with Crippen LogP contribution in [0.2, 0.25) is 0 Å². The second-order valence-corrected chi connectivity index (χ2v) is 10.6. The largest absolute Gasteiger partial charge is 0.340 e. The van der Waals surface area contributed by atoms with Crippen molar-refractivity contribution in [2.45, 2.75) is 44.7 Å². The predicted molar refractivity (Wildman–Crippen MR) is 146 cm³/mol. The Morgan fingerprint density at radius 2 is 1.76 bits per heavy atom. The summed E-state index contributed by atoms with van der Waals surface area (Å²) < 4.78 is 1.99. The molecule has 1 atom stereocenters. The third-order valence-corrected chi connectivity index (χ3v) is 8.11. The van der Waals surface area contributed by atoms with E-state index in [2.05, 4.69) is 54.3 Å². The molecular weight excluding hydrogens is 478 g/mol. The Bertz CT molecular complexity index is 1620. The molecule has 194 valence electrons. The van der Waals surface area contributed by atoms with Crippen molar-refractivity contribution < 1.29 is 0 Å². The summed E-state index contributed by atoms with van der Waals surface area (Å²) in [5, 5.41) is 14.1. The lowest BCUT2D eigenvalue weighted by atomic mass is 10.0. The monoisotopic (exact) mass is 509 g/mol. The summed E-state index contributed by atoms with van der Waals surface area (Å²) >= 11 is 0. The maximum absolute atomic E-state index is 13.5. The molecule has 1 saturated carbocycles. The van der Waals surface area contributed by atoms with Gasteiger partial charge in [0.25, 0.3) is 5.56 Å². The van der Waals surface area contributed by atoms with Crippen LogP contribution in [-0.2, 0) is 0 Å². The number of H-pyrrole nitrogens is 2. The van der Waals surface area contributed by atoms with Crippen LogP contribution < -0.4 is 10.5 Å². The Hall–Kier alpha value is -4.05. The first kappa shape index (κ1) is 23.1. The van der Waals surface area contributed by atoms with Crippen LogP contribution in [0.15, 0.2) is 53.3 Å². The molecule has 1 aliphatic carbocycles. The van der Waals surface area contributed by atoms with Crippen LogP contribution in [0, 0.1) is 6.92 Å². The molecule has 5 aromatic rings. The average molecular weight is 510 g/mol. The maximum Gasteiger partial charge on any atom is 0.253 e. The van der Waals surface area contributed by atoms with Gasteiger partial charge in [0.1, 0.15) is 6.04 Å². The number of nitrogens with one attached hydrogen (secondary N) is 2. The zero-order chi connectivity index (χ0) is 25.6. The summed E-state index contributed by atoms with van der Waals surface area (Å²) in [7, 11) is 0. The van der Waals surface area contributed by atoms with E-state index in [4.69, 9.17) is 4.98 Å². The first-order chi connectivity index (χ1) is 18.6. The number of benzene rings is 2. The van der Waals surface area contributed by atoms with Crippen LogP contribution in [0.25, 0.3) is 21.9 Å². The minimum absolute atomic E-state index is 0.0907. The zero-order valence-electron chi connectivity index (χ0n) is 21.5. The Balaban J connectivity index is 1.26. The molecule has 1 saturated heterocycles. The number of anilines is 1. The zero-order valence-corrected chi connectivity index (χ0v) is 21.5. The molecule has 38 heavy (non-hydrogen) atoms. The van der Waals surface area contributed by atoms with Gasteiger partial charge in [0.15, 0.2) is 5.82 Å². The van der Waals surface area contributed by atoms with E-state index in [-0.39, 0.29) is 17.6 Å². The molecule has 0 spiro atoms. The number of fused-ring (bicyclic) bond motifs is 2. The molecule has 10 heteroatoms. The number of piperazine rings is 1. The lowest BCUT2D eigenvalue weighted by molar-refractivity contribution is 0.196. The van der Waals surface area contributed by atoms with Crippen LogP contribution in [-0.4, -0.2) is 66.2 Å². The second-order valence-electron chi connectivity index (χ2n) is 10.6. The molecule has 0 unspecified atom stereocenters. The molecule has 7 rings (SSSR count). The molecular formula is C28H31N9O. The Kier molecular flexibility index (Phi) is 5.69. The summed E-state index contributed by atoms with van der Waals surface area (Å²) in [5.41, 5.74) is 4.60. The van der Waals surface area contributed by atoms with E-state index in [9.17, 15) is 4.79 Å². The van der Waals surface area contributed by atoms with Crippen LogP contribution in [0.3, 0.4) is 0 Å². The maximum atomic E-state index is 13.5. The fourth-order valence-corrected chi connectivity index (χ4v) is 6.12. The van der Waals surface area contributed by atoms with E-state index >= 15 is 0 Å². The number of hydrogen-bond donors (Lipinski definition) is 2. The molecule has 4 heterocycles. The molecule has 0 bridgehead atoms. The minimum Gasteiger partial charge on any atom is -0.340 e. The third kappa shape index (κ3) is 4.05. The Morgan fingerprint density at radius 1 is 0.947 bits per heavy atom. The van der Waals surface area contributed by atoms with Crippen molar-refractivity contribution in [1.82, 2.24) is 40.1 Å². The number of imidazole rings is 1. The van der Waals surface area contributed by atoms with E-state index in [1.54, 1.807) is 0 Å². The molecule has 3 aromatic heterocycles. The van der Waals surface area contributed by atoms with Gasteiger partial charge in [0, 0.05) is 37.3 Å². The van der Waals surface area contributed by atoms with Gasteiger partial charge in [-0.3, -0.25) is 9.69 Å². The van der Waals surface area contributed by atoms with Crippen molar-refractivity contribution in [2.75, 3.05) is 31.1 Å². The van der Waals surface area contributed by atoms with Crippen molar-refractivity contribution in [1.29, 1.82) is 0 Å². The number of hydrogen-bond acceptors (Lipinski definition) is 7. The fourth-order valence-electron chi connectivity index (χ4n) is 6.12. The van der Waals surface area contributed by atoms with Crippen LogP contribution in [0.4, 0.5) is 5.95 Å². The number of pyridine rings is 1. The highest BCUT2D eigenvalue weighted by molar-refractivity contribution is 5.80. The van der Waals surface area contributed by atoms with Crippen molar-refractivity contribution >= 4 is 27.9 Å². The highest BCUT2D eigenvalue weighted by Crippen LogP contribution is 2.34. The van der Waals surface area contributed by atoms with Crippen molar-refractivity contribution in [2.24, 2.45) is 0 Å². The minimum atomic E-state index is -0.336. The lowest BCUT2D eigenvalue weighted by Crippen LogP contribution is -2.49. The topological polar surface area (TPSA) is 112 Å². The molecule has 2 fully saturated rings. The van der Waals surface area contributed by atoms with E-state index in [0.29, 0.717) is 5.56 Å². The quantitative estimate of drug-likeness (QED) is 0.371. The van der Waals surface area contributed by atoms with E-state index < -0.39 is 0 Å². The normalized spacial score (nSPS) is 18.1. The third-order valence-electron chi connectivity index (χ3n) is 8.11. The van der Waals surface area contributed by atoms with Crippen LogP contribution in [0.5, 0.6) is 0 Å². The average Bonchev–Trinajstić information content (AvgIpc) is 3.70. The number of nitrogens with zero attached hydrogens (tertiary/aromatic N) is 7. The SMILES string of the molecule is Cc1ccc2[nH]c(=O)c([C@H](c3nnnn3C3CCCC3)N3CCN(c4nc5ccccc5[nH]4)CC3)cc2c1. The number of tetrazole rings is 1. The van der Waals surface area contributed by atoms with Crippen LogP contribution in [0.1, 0.15) is 54.7 Å². The van der Waals surface area contributed by atoms with Gasteiger partial charge in [0.2, 0.25) is 5.95 Å². The Labute approximate surface area is 219 Å². The molecule has 2 aromatic carbocycles. The fraction of sp³-hybridized carbons (Fsp3) is 0.393. The summed E-state index contributed by atoms with van der Waals surface area (Å²) in [6, 6.07) is 16.2. The standard InChI is InChI=1S/C28H31N9O/c1-18-10-11-22-19(16-18)17-21(27(38)29-22)25(26-32-33-34-37(26)20-6-2-3-7-20)35-12-14-36(15-13-35)28-30-23-8-4-5-9-24(23)31-28/h4-5,8-11,16-17,20,25H,2-3,6-7,12-15H2,1H3,(H,29,38)(H,30,31)/t25-/m1/s1. The van der Waals surface area contributed by atoms with Gasteiger partial charge < -0.3 is 14.9 Å². The highest BCUT2D eigenvalue weighted by Gasteiger charge is 2.35. The van der Waals surface area contributed by atoms with Gasteiger partial charge in [-0.1, -0.05) is 36.6 Å². The van der Waals surface area contributed by atoms with E-state index in [0.717, 1.165) is 78.3 Å². The van der Waals surface area contributed by atoms with Gasteiger partial charge >= 0.3 is 0 Å². The van der Waals surface area contributed by atoms with Gasteiger partial charge in [-0.25, -0.2) is 9.67 Å². The highest BCUT2D eigenvalue weighted by atomic mass is 16.1. The smallest absolute Gasteiger partial charge is 0.253 e. The predicted octanol–water partition coefficient (Wildman–Crippen LogP) is 3.73. The second kappa shape index (κ2) is 9.36. The number of para-hydroxylation sites is 2. The van der Waals surface area contributed by atoms with E-state index in [1.165, 1.54) is 12.8 Å². The molecule has 2 N–H and O–H groups in total. The lowest BCUT2D eigenvalue weighted by Gasteiger charge is -2.38. The molecule has 10 nitrogen and oxygen atoms in total. The number of rotatable bonds is 5. The summed E-state index contributed by atoms with van der Waals surface area (Å²) in [6.45, 7) is 5.15. The van der Waals surface area contributed by atoms with Gasteiger partial charge in [-0.2, -0.15) is 0 Å². The van der Waals surface area contributed by atoms with Crippen molar-refractivity contribution in [3.63, 3.8) is 0 Å². The number of aromatic amines is 2. The van der Waals surface area contributed by atoms with Gasteiger partial charge in [0.05, 0.1) is 17.1 Å². The Morgan fingerprint density at radius 3 is 2.58 bits per heavy atom. The van der Waals surface area contributed by atoms with Gasteiger partial charge in [-0.15, -0.1) is 5.10 Å². The molecule has 0 amide bonds. The summed E-state index contributed by atoms with van der Waals surface area (Å²) in [4.78, 5) is 29.5. The summed E-state index contributed by atoms with van der Waals surface area (Å²) in [6.07, 6.45) is 4.50. The molecule has 2 aliphatic rings.